The SMILES string of the molecule is C=C/C=C\C.CC.CC.CCc1ccc(C)c(CC(C)(C)C(=O)c2ccsc2)c1. The fourth-order valence-corrected chi connectivity index (χ4v) is 3.25. The van der Waals surface area contributed by atoms with Crippen molar-refractivity contribution in [1.29, 1.82) is 0 Å². The Morgan fingerprint density at radius 2 is 1.76 bits per heavy atom. The molecule has 0 aliphatic carbocycles. The quantitative estimate of drug-likeness (QED) is 0.341. The van der Waals surface area contributed by atoms with E-state index in [-0.39, 0.29) is 11.2 Å². The number of carbonyl (C=O) groups is 1. The van der Waals surface area contributed by atoms with Crippen LogP contribution < -0.4 is 0 Å². The summed E-state index contributed by atoms with van der Waals surface area (Å²) < 4.78 is 0. The Labute approximate surface area is 184 Å². The summed E-state index contributed by atoms with van der Waals surface area (Å²) >= 11 is 1.58. The van der Waals surface area contributed by atoms with Crippen LogP contribution in [0.4, 0.5) is 0 Å². The van der Waals surface area contributed by atoms with E-state index in [0.717, 1.165) is 18.4 Å². The second-order valence-electron chi connectivity index (χ2n) is 6.78. The van der Waals surface area contributed by atoms with Gasteiger partial charge in [-0.3, -0.25) is 4.79 Å². The van der Waals surface area contributed by atoms with Crippen molar-refractivity contribution in [3.63, 3.8) is 0 Å². The Morgan fingerprint density at radius 3 is 2.17 bits per heavy atom. The summed E-state index contributed by atoms with van der Waals surface area (Å²) in [6.07, 6.45) is 7.40. The van der Waals surface area contributed by atoms with Gasteiger partial charge in [0.1, 0.15) is 0 Å². The lowest BCUT2D eigenvalue weighted by atomic mass is 9.78. The molecule has 0 N–H and O–H groups in total. The molecule has 0 aliphatic heterocycles. The van der Waals surface area contributed by atoms with Crippen molar-refractivity contribution >= 4 is 17.1 Å². The van der Waals surface area contributed by atoms with Gasteiger partial charge in [-0.1, -0.05) is 91.5 Å². The van der Waals surface area contributed by atoms with Gasteiger partial charge >= 0.3 is 0 Å². The molecule has 2 rings (SSSR count). The Hall–Kier alpha value is -1.93. The standard InChI is InChI=1S/C18H22OS.C5H8.2C2H6/c1-5-14-7-6-13(2)16(10-14)11-18(3,4)17(19)15-8-9-20-12-15;1-3-5-4-2;2*1-2/h6-10,12H,5,11H2,1-4H3;3-5H,1H2,2H3;2*1-2H3/b;5-4-;;. The lowest BCUT2D eigenvalue weighted by Gasteiger charge is -2.24. The molecule has 29 heavy (non-hydrogen) atoms. The molecule has 0 amide bonds. The fourth-order valence-electron chi connectivity index (χ4n) is 2.61. The highest BCUT2D eigenvalue weighted by Crippen LogP contribution is 2.29. The smallest absolute Gasteiger partial charge is 0.169 e. The minimum atomic E-state index is -0.363. The zero-order valence-corrected chi connectivity index (χ0v) is 21.0. The largest absolute Gasteiger partial charge is 0.294 e. The zero-order chi connectivity index (χ0) is 22.9. The van der Waals surface area contributed by atoms with E-state index in [1.54, 1.807) is 17.4 Å². The van der Waals surface area contributed by atoms with Gasteiger partial charge in [0.25, 0.3) is 0 Å². The van der Waals surface area contributed by atoms with Gasteiger partial charge in [-0.25, -0.2) is 0 Å². The third-order valence-electron chi connectivity index (χ3n) is 4.18. The summed E-state index contributed by atoms with van der Waals surface area (Å²) in [6, 6.07) is 8.51. The van der Waals surface area contributed by atoms with E-state index in [0.29, 0.717) is 0 Å². The lowest BCUT2D eigenvalue weighted by Crippen LogP contribution is -2.27. The Morgan fingerprint density at radius 1 is 1.14 bits per heavy atom. The number of benzene rings is 1. The van der Waals surface area contributed by atoms with Gasteiger partial charge in [-0.05, 0) is 54.8 Å². The molecule has 0 atom stereocenters. The molecular formula is C27H42OS. The minimum absolute atomic E-state index is 0.236. The Balaban J connectivity index is 0. The van der Waals surface area contributed by atoms with Gasteiger partial charge in [0.15, 0.2) is 5.78 Å². The molecule has 1 aromatic heterocycles. The Kier molecular flexibility index (Phi) is 17.1. The molecule has 2 heteroatoms. The summed E-state index contributed by atoms with van der Waals surface area (Å²) in [5, 5.41) is 3.91. The first-order valence-corrected chi connectivity index (χ1v) is 11.7. The first kappa shape index (κ1) is 29.3. The van der Waals surface area contributed by atoms with Crippen LogP contribution in [0.2, 0.25) is 0 Å². The zero-order valence-electron chi connectivity index (χ0n) is 20.1. The number of allylic oxidation sites excluding steroid dienone is 3. The van der Waals surface area contributed by atoms with Crippen molar-refractivity contribution < 1.29 is 4.79 Å². The molecule has 1 aromatic carbocycles. The predicted octanol–water partition coefficient (Wildman–Crippen LogP) is 8.87. The predicted molar refractivity (Wildman–Crippen MR) is 134 cm³/mol. The van der Waals surface area contributed by atoms with Crippen molar-refractivity contribution in [3.8, 4) is 0 Å². The van der Waals surface area contributed by atoms with Crippen LogP contribution in [-0.4, -0.2) is 5.78 Å². The monoisotopic (exact) mass is 414 g/mol. The molecule has 0 saturated heterocycles. The molecular weight excluding hydrogens is 372 g/mol. The van der Waals surface area contributed by atoms with Crippen LogP contribution in [0.5, 0.6) is 0 Å². The highest BCUT2D eigenvalue weighted by atomic mass is 32.1. The van der Waals surface area contributed by atoms with Gasteiger partial charge in [-0.15, -0.1) is 0 Å². The van der Waals surface area contributed by atoms with Crippen LogP contribution in [0, 0.1) is 12.3 Å². The molecule has 0 fully saturated rings. The number of rotatable bonds is 6. The maximum atomic E-state index is 12.6. The number of thiophene rings is 1. The van der Waals surface area contributed by atoms with Crippen LogP contribution in [0.3, 0.4) is 0 Å². The van der Waals surface area contributed by atoms with Gasteiger partial charge in [-0.2, -0.15) is 11.3 Å². The summed E-state index contributed by atoms with van der Waals surface area (Å²) in [5.41, 5.74) is 4.37. The average molecular weight is 415 g/mol. The third kappa shape index (κ3) is 11.0. The highest BCUT2D eigenvalue weighted by molar-refractivity contribution is 7.08. The second-order valence-corrected chi connectivity index (χ2v) is 7.56. The number of Topliss-reactive ketones (excluding diaryl/α,β-unsaturated/α-hetero) is 1. The second kappa shape index (κ2) is 17.0. The van der Waals surface area contributed by atoms with E-state index < -0.39 is 0 Å². The molecule has 0 unspecified atom stereocenters. The maximum Gasteiger partial charge on any atom is 0.169 e. The van der Waals surface area contributed by atoms with Crippen LogP contribution in [0.25, 0.3) is 0 Å². The normalized spacial score (nSPS) is 9.97. The van der Waals surface area contributed by atoms with Crippen molar-refractivity contribution in [2.75, 3.05) is 0 Å². The van der Waals surface area contributed by atoms with Crippen LogP contribution >= 0.6 is 11.3 Å². The molecule has 1 heterocycles. The number of aryl methyl sites for hydroxylation is 2. The molecule has 0 aliphatic rings. The highest BCUT2D eigenvalue weighted by Gasteiger charge is 2.29. The van der Waals surface area contributed by atoms with Crippen LogP contribution in [0.15, 0.2) is 59.8 Å². The third-order valence-corrected chi connectivity index (χ3v) is 4.86. The van der Waals surface area contributed by atoms with Crippen LogP contribution in [0.1, 0.15) is 82.4 Å². The average Bonchev–Trinajstić information content (AvgIpc) is 3.27. The van der Waals surface area contributed by atoms with E-state index in [1.807, 2.05) is 77.4 Å². The van der Waals surface area contributed by atoms with Crippen molar-refractivity contribution in [1.82, 2.24) is 0 Å². The summed E-state index contributed by atoms with van der Waals surface area (Å²) in [5.74, 6) is 0.236. The summed E-state index contributed by atoms with van der Waals surface area (Å²) in [6.45, 7) is 21.8. The molecule has 1 nitrogen and oxygen atoms in total. The van der Waals surface area contributed by atoms with Gasteiger partial charge in [0, 0.05) is 16.4 Å². The first-order chi connectivity index (χ1) is 13.9. The molecule has 0 radical (unpaired) electrons. The van der Waals surface area contributed by atoms with Crippen molar-refractivity contribution in [2.24, 2.45) is 5.41 Å². The van der Waals surface area contributed by atoms with E-state index in [2.05, 4.69) is 38.6 Å². The van der Waals surface area contributed by atoms with E-state index in [4.69, 9.17) is 0 Å². The van der Waals surface area contributed by atoms with Gasteiger partial charge < -0.3 is 0 Å². The molecule has 0 saturated carbocycles. The number of ketones is 1. The van der Waals surface area contributed by atoms with E-state index >= 15 is 0 Å². The number of hydrogen-bond donors (Lipinski definition) is 0. The van der Waals surface area contributed by atoms with Crippen LogP contribution in [-0.2, 0) is 12.8 Å². The van der Waals surface area contributed by atoms with Gasteiger partial charge in [0.2, 0.25) is 0 Å². The van der Waals surface area contributed by atoms with E-state index in [9.17, 15) is 4.79 Å². The number of carbonyl (C=O) groups excluding carboxylic acids is 1. The van der Waals surface area contributed by atoms with Crippen molar-refractivity contribution in [3.05, 3.63) is 82.1 Å². The van der Waals surface area contributed by atoms with Crippen molar-refractivity contribution in [2.45, 2.75) is 75.2 Å². The topological polar surface area (TPSA) is 17.1 Å². The summed E-state index contributed by atoms with van der Waals surface area (Å²) in [7, 11) is 0. The summed E-state index contributed by atoms with van der Waals surface area (Å²) in [4.78, 5) is 12.6. The lowest BCUT2D eigenvalue weighted by molar-refractivity contribution is 0.0838. The minimum Gasteiger partial charge on any atom is -0.294 e. The van der Waals surface area contributed by atoms with E-state index in [1.165, 1.54) is 16.7 Å². The van der Waals surface area contributed by atoms with Gasteiger partial charge in [0.05, 0.1) is 0 Å². The molecule has 0 spiro atoms. The number of hydrogen-bond acceptors (Lipinski definition) is 2. The molecule has 162 valence electrons. The molecule has 2 aromatic rings. The first-order valence-electron chi connectivity index (χ1n) is 10.7. The Bertz CT molecular complexity index is 706. The molecule has 0 bridgehead atoms. The maximum absolute atomic E-state index is 12.6. The fraction of sp³-hybridized carbons (Fsp3) is 0.444.